The van der Waals surface area contributed by atoms with E-state index in [-0.39, 0.29) is 0 Å². The van der Waals surface area contributed by atoms with E-state index in [0.717, 1.165) is 17.4 Å². The van der Waals surface area contributed by atoms with Gasteiger partial charge < -0.3 is 5.32 Å². The maximum Gasteiger partial charge on any atom is 0.146 e. The third-order valence-electron chi connectivity index (χ3n) is 1.70. The molecular formula is C10H17NO. The van der Waals surface area contributed by atoms with Crippen molar-refractivity contribution in [3.8, 4) is 0 Å². The molecule has 1 N–H and O–H groups in total. The maximum atomic E-state index is 10.6. The minimum atomic E-state index is 0.295. The van der Waals surface area contributed by atoms with E-state index in [4.69, 9.17) is 0 Å². The second kappa shape index (κ2) is 5.58. The molecule has 0 aromatic carbocycles. The molecule has 0 saturated carbocycles. The van der Waals surface area contributed by atoms with E-state index in [9.17, 15) is 4.79 Å². The first-order chi connectivity index (χ1) is 5.63. The van der Waals surface area contributed by atoms with E-state index in [2.05, 4.69) is 5.32 Å². The van der Waals surface area contributed by atoms with Crippen molar-refractivity contribution in [2.24, 2.45) is 5.92 Å². The number of allylic oxidation sites excluding steroid dienone is 3. The Morgan fingerprint density at radius 2 is 2.00 bits per heavy atom. The molecule has 0 aliphatic rings. The van der Waals surface area contributed by atoms with E-state index in [0.29, 0.717) is 5.92 Å². The lowest BCUT2D eigenvalue weighted by atomic mass is 9.99. The number of carbonyl (C=O) groups excluding carboxylic acids is 1. The average molecular weight is 167 g/mol. The quantitative estimate of drug-likeness (QED) is 0.393. The number of aldehydes is 1. The molecule has 2 nitrogen and oxygen atoms in total. The molecule has 0 aliphatic heterocycles. The molecule has 0 saturated heterocycles. The molecule has 68 valence electrons. The van der Waals surface area contributed by atoms with E-state index in [1.165, 1.54) is 0 Å². The fourth-order valence-corrected chi connectivity index (χ4v) is 0.989. The molecule has 0 fully saturated rings. The van der Waals surface area contributed by atoms with E-state index in [1.807, 2.05) is 40.1 Å². The van der Waals surface area contributed by atoms with E-state index < -0.39 is 0 Å². The molecule has 0 rings (SSSR count). The molecule has 0 heterocycles. The first-order valence-corrected chi connectivity index (χ1v) is 4.13. The minimum Gasteiger partial charge on any atom is -0.394 e. The van der Waals surface area contributed by atoms with Crippen LogP contribution < -0.4 is 5.32 Å². The predicted molar refractivity (Wildman–Crippen MR) is 51.8 cm³/mol. The lowest BCUT2D eigenvalue weighted by Crippen LogP contribution is -1.99. The highest BCUT2D eigenvalue weighted by molar-refractivity contribution is 5.75. The van der Waals surface area contributed by atoms with Crippen LogP contribution in [0.2, 0.25) is 0 Å². The zero-order chi connectivity index (χ0) is 9.56. The van der Waals surface area contributed by atoms with Gasteiger partial charge in [-0.3, -0.25) is 4.79 Å². The van der Waals surface area contributed by atoms with Crippen LogP contribution in [-0.4, -0.2) is 13.3 Å². The van der Waals surface area contributed by atoms with Gasteiger partial charge in [0.05, 0.1) is 0 Å². The van der Waals surface area contributed by atoms with Gasteiger partial charge in [-0.25, -0.2) is 0 Å². The van der Waals surface area contributed by atoms with Crippen LogP contribution in [-0.2, 0) is 4.79 Å². The zero-order valence-corrected chi connectivity index (χ0v) is 8.22. The highest BCUT2D eigenvalue weighted by Gasteiger charge is 2.03. The van der Waals surface area contributed by atoms with Crippen LogP contribution in [0.1, 0.15) is 20.8 Å². The molecule has 0 amide bonds. The van der Waals surface area contributed by atoms with Crippen molar-refractivity contribution in [2.45, 2.75) is 20.8 Å². The van der Waals surface area contributed by atoms with Gasteiger partial charge in [0.1, 0.15) is 6.29 Å². The fourth-order valence-electron chi connectivity index (χ4n) is 0.989. The van der Waals surface area contributed by atoms with Crippen LogP contribution in [0.15, 0.2) is 23.4 Å². The van der Waals surface area contributed by atoms with Gasteiger partial charge in [0.25, 0.3) is 0 Å². The summed E-state index contributed by atoms with van der Waals surface area (Å²) in [6, 6.07) is 0. The van der Waals surface area contributed by atoms with Crippen LogP contribution in [0.4, 0.5) is 0 Å². The second-order valence-electron chi connectivity index (χ2n) is 3.03. The summed E-state index contributed by atoms with van der Waals surface area (Å²) < 4.78 is 0. The lowest BCUT2D eigenvalue weighted by Gasteiger charge is -2.05. The number of rotatable bonds is 4. The molecule has 0 atom stereocenters. The first-order valence-electron chi connectivity index (χ1n) is 4.13. The van der Waals surface area contributed by atoms with Crippen LogP contribution in [0.5, 0.6) is 0 Å². The summed E-state index contributed by atoms with van der Waals surface area (Å²) in [4.78, 5) is 10.6. The van der Waals surface area contributed by atoms with Crippen LogP contribution in [0, 0.1) is 5.92 Å². The molecule has 0 aromatic heterocycles. The smallest absolute Gasteiger partial charge is 0.146 e. The monoisotopic (exact) mass is 167 g/mol. The van der Waals surface area contributed by atoms with Crippen molar-refractivity contribution in [1.82, 2.24) is 5.32 Å². The number of hydrogen-bond donors (Lipinski definition) is 1. The van der Waals surface area contributed by atoms with Gasteiger partial charge in [0.2, 0.25) is 0 Å². The summed E-state index contributed by atoms with van der Waals surface area (Å²) >= 11 is 0. The summed E-state index contributed by atoms with van der Waals surface area (Å²) in [5, 5.41) is 2.89. The van der Waals surface area contributed by atoms with Crippen LogP contribution in [0.25, 0.3) is 0 Å². The molecule has 0 aliphatic carbocycles. The van der Waals surface area contributed by atoms with Crippen molar-refractivity contribution in [3.63, 3.8) is 0 Å². The van der Waals surface area contributed by atoms with Crippen LogP contribution in [0.3, 0.4) is 0 Å². The van der Waals surface area contributed by atoms with E-state index >= 15 is 0 Å². The molecule has 0 bridgehead atoms. The Labute approximate surface area is 74.4 Å². The van der Waals surface area contributed by atoms with Crippen molar-refractivity contribution in [1.29, 1.82) is 0 Å². The zero-order valence-electron chi connectivity index (χ0n) is 8.22. The Bertz CT molecular complexity index is 202. The highest BCUT2D eigenvalue weighted by Crippen LogP contribution is 2.12. The van der Waals surface area contributed by atoms with Crippen molar-refractivity contribution in [2.75, 3.05) is 7.05 Å². The fraction of sp³-hybridized carbons (Fsp3) is 0.500. The Kier molecular flexibility index (Phi) is 5.09. The Morgan fingerprint density at radius 1 is 1.42 bits per heavy atom. The molecular weight excluding hydrogens is 150 g/mol. The van der Waals surface area contributed by atoms with Gasteiger partial charge in [-0.1, -0.05) is 13.8 Å². The van der Waals surface area contributed by atoms with Crippen molar-refractivity contribution >= 4 is 6.29 Å². The summed E-state index contributed by atoms with van der Waals surface area (Å²) in [6.07, 6.45) is 4.66. The van der Waals surface area contributed by atoms with Gasteiger partial charge >= 0.3 is 0 Å². The van der Waals surface area contributed by atoms with Crippen molar-refractivity contribution < 1.29 is 4.79 Å². The second-order valence-corrected chi connectivity index (χ2v) is 3.03. The standard InChI is InChI=1S/C10H17NO/c1-8(2)10(7-12)9(3)5-6-11-4/h5-8,11H,1-4H3/b6-5-,10-9+. The lowest BCUT2D eigenvalue weighted by molar-refractivity contribution is -0.105. The van der Waals surface area contributed by atoms with Crippen LogP contribution >= 0.6 is 0 Å². The third kappa shape index (κ3) is 3.37. The largest absolute Gasteiger partial charge is 0.394 e. The van der Waals surface area contributed by atoms with Gasteiger partial charge in [0, 0.05) is 7.05 Å². The molecule has 0 spiro atoms. The minimum absolute atomic E-state index is 0.295. The Morgan fingerprint density at radius 3 is 2.33 bits per heavy atom. The maximum absolute atomic E-state index is 10.6. The topological polar surface area (TPSA) is 29.1 Å². The molecule has 12 heavy (non-hydrogen) atoms. The Balaban J connectivity index is 4.60. The first kappa shape index (κ1) is 11.0. The predicted octanol–water partition coefficient (Wildman–Crippen LogP) is 1.89. The summed E-state index contributed by atoms with van der Waals surface area (Å²) in [5.74, 6) is 0.295. The number of carbonyl (C=O) groups is 1. The SMILES string of the molecule is CN/C=C\C(C)=C(/C=O)C(C)C. The molecule has 0 radical (unpaired) electrons. The molecule has 0 aromatic rings. The molecule has 2 heteroatoms. The Hall–Kier alpha value is -1.05. The summed E-state index contributed by atoms with van der Waals surface area (Å²) in [6.45, 7) is 5.97. The van der Waals surface area contributed by atoms with E-state index in [1.54, 1.807) is 0 Å². The van der Waals surface area contributed by atoms with Gasteiger partial charge in [-0.05, 0) is 36.3 Å². The van der Waals surface area contributed by atoms with Gasteiger partial charge in [-0.15, -0.1) is 0 Å². The third-order valence-corrected chi connectivity index (χ3v) is 1.70. The van der Waals surface area contributed by atoms with Crippen molar-refractivity contribution in [3.05, 3.63) is 23.4 Å². The normalized spacial score (nSPS) is 13.4. The van der Waals surface area contributed by atoms with Gasteiger partial charge in [0.15, 0.2) is 0 Å². The number of hydrogen-bond acceptors (Lipinski definition) is 2. The average Bonchev–Trinajstić information content (AvgIpc) is 2.01. The molecule has 0 unspecified atom stereocenters. The highest BCUT2D eigenvalue weighted by atomic mass is 16.1. The van der Waals surface area contributed by atoms with Gasteiger partial charge in [-0.2, -0.15) is 0 Å². The number of nitrogens with one attached hydrogen (secondary N) is 1. The summed E-state index contributed by atoms with van der Waals surface area (Å²) in [7, 11) is 1.83. The summed E-state index contributed by atoms with van der Waals surface area (Å²) in [5.41, 5.74) is 1.89.